The number of amides is 2. The van der Waals surface area contributed by atoms with Crippen LogP contribution in [0.2, 0.25) is 0 Å². The maximum atomic E-state index is 14.4. The maximum absolute atomic E-state index is 14.4. The van der Waals surface area contributed by atoms with Crippen LogP contribution in [-0.4, -0.2) is 93.1 Å². The number of hydrazine groups is 1. The molecule has 0 aliphatic carbocycles. The van der Waals surface area contributed by atoms with Crippen molar-refractivity contribution in [1.82, 2.24) is 20.0 Å². The second-order valence-corrected chi connectivity index (χ2v) is 16.5. The van der Waals surface area contributed by atoms with Crippen molar-refractivity contribution in [3.8, 4) is 0 Å². The number of rotatable bonds is 21. The van der Waals surface area contributed by atoms with Crippen molar-refractivity contribution in [3.05, 3.63) is 69.5 Å². The van der Waals surface area contributed by atoms with E-state index in [1.54, 1.807) is 6.92 Å². The molecule has 0 saturated carbocycles. The molecule has 11 N–H and O–H groups in total. The molecule has 0 bridgehead atoms. The Morgan fingerprint density at radius 3 is 2.40 bits per heavy atom. The smallest absolute Gasteiger partial charge is 0.423 e. The summed E-state index contributed by atoms with van der Waals surface area (Å²) in [5, 5.41) is 32.6. The number of hydrogen-bond donors (Lipinski definition) is 10. The maximum Gasteiger partial charge on any atom is 0.490 e. The molecule has 6 atom stereocenters. The molecule has 1 aromatic heterocycles. The number of nitrogen functional groups attached to an aromatic ring is 1. The van der Waals surface area contributed by atoms with Crippen LogP contribution in [0.4, 0.5) is 5.69 Å². The zero-order valence-corrected chi connectivity index (χ0v) is 32.6. The van der Waals surface area contributed by atoms with Crippen molar-refractivity contribution in [2.24, 2.45) is 0 Å². The van der Waals surface area contributed by atoms with Crippen LogP contribution in [0, 0.1) is 0 Å². The molecular weight excluding hydrogens is 830 g/mol. The number of hydrogen-bond acceptors (Lipinski definition) is 17. The minimum atomic E-state index is -6.62. The topological polar surface area (TPSA) is 386 Å². The van der Waals surface area contributed by atoms with Crippen LogP contribution in [0.5, 0.6) is 0 Å². The van der Waals surface area contributed by atoms with Gasteiger partial charge in [-0.25, -0.2) is 23.0 Å². The highest BCUT2D eigenvalue weighted by Gasteiger charge is 2.72. The first-order valence-corrected chi connectivity index (χ1v) is 21.1. The normalized spacial score (nSPS) is 21.4. The lowest BCUT2D eigenvalue weighted by atomic mass is 9.75. The van der Waals surface area contributed by atoms with Crippen molar-refractivity contribution in [2.75, 3.05) is 12.3 Å². The number of unbranched alkanes of at least 4 members (excludes halogenated alkanes) is 2. The number of carbonyl (C=O) groups is 3. The number of nitrogens with zero attached hydrogens (tertiary/aromatic N) is 2. The number of nitrogens with two attached hydrogens (primary N) is 1. The third-order valence-corrected chi connectivity index (χ3v) is 11.7. The quantitative estimate of drug-likeness (QED) is 0.0101. The van der Waals surface area contributed by atoms with Crippen LogP contribution >= 0.6 is 23.5 Å². The van der Waals surface area contributed by atoms with E-state index in [-0.39, 0.29) is 17.1 Å². The van der Waals surface area contributed by atoms with Crippen LogP contribution in [0.1, 0.15) is 63.7 Å². The molecule has 1 aliphatic rings. The molecule has 316 valence electrons. The Labute approximate surface area is 322 Å². The molecule has 29 heteroatoms. The number of benzene rings is 1. The number of carbonyl (C=O) groups excluding carboxylic acids is 3. The summed E-state index contributed by atoms with van der Waals surface area (Å²) in [7, 11) is -21.4. The lowest BCUT2D eigenvalue weighted by Crippen LogP contribution is -2.73. The minimum absolute atomic E-state index is 0.0216. The molecule has 1 saturated heterocycles. The molecule has 2 amide bonds. The van der Waals surface area contributed by atoms with E-state index in [0.717, 1.165) is 36.5 Å². The SMILES string of the molecule is C=CCOC(OP(=O)(O)OP(=O)(O)OP(=O)(O)O)(N(NC(=O)CCC=O)C(=O)CCCCC)[C@]1(c2cc(N)cc(B(O)O)c2)O[C@@H](n2ccc(=O)[nH]c2=O)C[C@@H]1O. The predicted octanol–water partition coefficient (Wildman–Crippen LogP) is -1.41. The van der Waals surface area contributed by atoms with E-state index in [9.17, 15) is 62.6 Å². The van der Waals surface area contributed by atoms with Crippen molar-refractivity contribution < 1.29 is 85.4 Å². The van der Waals surface area contributed by atoms with Crippen LogP contribution < -0.4 is 27.9 Å². The molecule has 57 heavy (non-hydrogen) atoms. The van der Waals surface area contributed by atoms with E-state index in [0.29, 0.717) is 23.7 Å². The number of aliphatic hydroxyl groups excluding tert-OH is 1. The first kappa shape index (κ1) is 47.7. The molecule has 1 aromatic carbocycles. The van der Waals surface area contributed by atoms with E-state index in [1.807, 2.05) is 4.98 Å². The van der Waals surface area contributed by atoms with Crippen LogP contribution in [0.3, 0.4) is 0 Å². The van der Waals surface area contributed by atoms with Gasteiger partial charge < -0.3 is 54.7 Å². The molecule has 0 spiro atoms. The number of phosphoric acid groups is 3. The highest BCUT2D eigenvalue weighted by molar-refractivity contribution is 7.66. The number of aliphatic hydroxyl groups is 1. The summed E-state index contributed by atoms with van der Waals surface area (Å²) in [5.74, 6) is -6.35. The Morgan fingerprint density at radius 2 is 1.82 bits per heavy atom. The number of H-pyrrole nitrogens is 1. The van der Waals surface area contributed by atoms with E-state index in [1.165, 1.54) is 0 Å². The van der Waals surface area contributed by atoms with E-state index in [2.05, 4.69) is 20.6 Å². The fraction of sp³-hybridized carbons (Fsp3) is 0.464. The molecular formula is C28H41BN5O20P3. The second kappa shape index (κ2) is 19.4. The summed E-state index contributed by atoms with van der Waals surface area (Å²) < 4.78 is 64.2. The van der Waals surface area contributed by atoms with Gasteiger partial charge in [-0.05, 0) is 29.6 Å². The van der Waals surface area contributed by atoms with E-state index >= 15 is 0 Å². The Balaban J connectivity index is 2.61. The van der Waals surface area contributed by atoms with Gasteiger partial charge in [0.05, 0.1) is 12.7 Å². The van der Waals surface area contributed by atoms with Crippen molar-refractivity contribution in [3.63, 3.8) is 0 Å². The molecule has 0 radical (unpaired) electrons. The standard InChI is InChI=1S/C28H41BN5O20P3/c1-3-5-6-9-24(39)34(32-23(38)8-7-12-35)28(50-13-4-2,52-56(46,47)54-57(48,49)53-55(43,44)45)27(18-14-19(29(41)42)16-20(30)15-18)21(36)17-25(51-27)33-11-10-22(37)31-26(33)40/h4,10-12,14-16,21,25,36,41-42H,2-3,5-9,13,17,30H2,1H3,(H,32,38)(H,46,47)(H,48,49)(H,31,37,40)(H2,43,44,45)/t21-,25+,27+,28?/m0/s1. The highest BCUT2D eigenvalue weighted by atomic mass is 31.3. The van der Waals surface area contributed by atoms with Crippen LogP contribution in [-0.2, 0) is 56.3 Å². The molecule has 1 fully saturated rings. The largest absolute Gasteiger partial charge is 0.490 e. The number of nitrogens with one attached hydrogen (secondary N) is 2. The van der Waals surface area contributed by atoms with Gasteiger partial charge in [-0.2, -0.15) is 13.6 Å². The Kier molecular flexibility index (Phi) is 16.2. The predicted molar refractivity (Wildman–Crippen MR) is 193 cm³/mol. The Morgan fingerprint density at radius 1 is 1.14 bits per heavy atom. The highest BCUT2D eigenvalue weighted by Crippen LogP contribution is 2.69. The number of phosphoric ester groups is 1. The van der Waals surface area contributed by atoms with Crippen molar-refractivity contribution >= 4 is 59.8 Å². The van der Waals surface area contributed by atoms with Gasteiger partial charge in [-0.1, -0.05) is 31.9 Å². The summed E-state index contributed by atoms with van der Waals surface area (Å²) in [6.07, 6.45) is -3.77. The number of aldehydes is 1. The van der Waals surface area contributed by atoms with Gasteiger partial charge in [0, 0.05) is 43.6 Å². The van der Waals surface area contributed by atoms with Gasteiger partial charge >= 0.3 is 42.2 Å². The van der Waals surface area contributed by atoms with Gasteiger partial charge in [0.15, 0.2) is 5.60 Å². The fourth-order valence-electron chi connectivity index (χ4n) is 5.70. The number of aromatic amines is 1. The molecule has 2 heterocycles. The monoisotopic (exact) mass is 871 g/mol. The summed E-state index contributed by atoms with van der Waals surface area (Å²) in [5.41, 5.74) is 1.31. The zero-order chi connectivity index (χ0) is 43.0. The Bertz CT molecular complexity index is 2060. The Hall–Kier alpha value is -3.68. The minimum Gasteiger partial charge on any atom is -0.423 e. The zero-order valence-electron chi connectivity index (χ0n) is 29.9. The van der Waals surface area contributed by atoms with Gasteiger partial charge in [0.1, 0.15) is 12.5 Å². The number of anilines is 1. The summed E-state index contributed by atoms with van der Waals surface area (Å²) in [4.78, 5) is 105. The van der Waals surface area contributed by atoms with Gasteiger partial charge in [0.25, 0.3) is 5.56 Å². The average molecular weight is 871 g/mol. The van der Waals surface area contributed by atoms with Gasteiger partial charge in [-0.15, -0.1) is 6.58 Å². The van der Waals surface area contributed by atoms with Gasteiger partial charge in [0.2, 0.25) is 11.8 Å². The van der Waals surface area contributed by atoms with Crippen LogP contribution in [0.15, 0.2) is 52.7 Å². The average Bonchev–Trinajstić information content (AvgIpc) is 3.43. The third-order valence-electron chi connectivity index (χ3n) is 7.87. The summed E-state index contributed by atoms with van der Waals surface area (Å²) in [6.45, 7) is 4.27. The van der Waals surface area contributed by atoms with Crippen molar-refractivity contribution in [1.29, 1.82) is 0 Å². The van der Waals surface area contributed by atoms with Gasteiger partial charge in [-0.3, -0.25) is 29.4 Å². The lowest BCUT2D eigenvalue weighted by molar-refractivity contribution is -0.380. The van der Waals surface area contributed by atoms with E-state index in [4.69, 9.17) is 29.5 Å². The molecule has 1 aliphatic heterocycles. The molecule has 3 unspecified atom stereocenters. The lowest BCUT2D eigenvalue weighted by Gasteiger charge is -2.52. The van der Waals surface area contributed by atoms with Crippen molar-refractivity contribution in [2.45, 2.75) is 75.7 Å². The fourth-order valence-corrected chi connectivity index (χ4v) is 8.92. The van der Waals surface area contributed by atoms with Crippen LogP contribution in [0.25, 0.3) is 0 Å². The van der Waals surface area contributed by atoms with E-state index < -0.39 is 121 Å². The number of ether oxygens (including phenoxy) is 2. The summed E-state index contributed by atoms with van der Waals surface area (Å²) in [6, 6.07) is 3.61. The molecule has 3 rings (SSSR count). The molecule has 2 aromatic rings. The first-order chi connectivity index (χ1) is 26.5. The summed E-state index contributed by atoms with van der Waals surface area (Å²) >= 11 is 0. The second-order valence-electron chi connectivity index (χ2n) is 12.1. The number of aromatic nitrogens is 2. The third kappa shape index (κ3) is 11.9. The first-order valence-electron chi connectivity index (χ1n) is 16.6. The molecule has 25 nitrogen and oxygen atoms in total.